The van der Waals surface area contributed by atoms with Crippen molar-refractivity contribution in [1.82, 2.24) is 19.5 Å². The molecule has 39 heavy (non-hydrogen) atoms. The standard InChI is InChI=1S/C29H30F3N5O2/c30-29(31,32)26(33)21-3-1-2-20(14-21)25-16-35-37-17-22(15-34-27(25)37)19-4-6-24(7-5-19)39-28(10-11-28)18-36-12-8-23(38)9-13-36/h1-7,14-17,23,26,38H,8-13,18,33H2. The first-order valence-corrected chi connectivity index (χ1v) is 13.2. The molecule has 2 aromatic carbocycles. The van der Waals surface area contributed by atoms with Crippen molar-refractivity contribution in [3.8, 4) is 28.0 Å². The van der Waals surface area contributed by atoms with Gasteiger partial charge in [-0.3, -0.25) is 4.90 Å². The third-order valence-corrected chi connectivity index (χ3v) is 7.66. The highest BCUT2D eigenvalue weighted by Crippen LogP contribution is 2.42. The molecule has 1 saturated heterocycles. The molecule has 6 rings (SSSR count). The van der Waals surface area contributed by atoms with E-state index in [4.69, 9.17) is 10.5 Å². The molecule has 1 aliphatic carbocycles. The number of halogens is 3. The average Bonchev–Trinajstić information content (AvgIpc) is 3.54. The van der Waals surface area contributed by atoms with Gasteiger partial charge in [-0.25, -0.2) is 9.50 Å². The molecule has 2 aliphatic rings. The highest BCUT2D eigenvalue weighted by atomic mass is 19.4. The number of hydrogen-bond acceptors (Lipinski definition) is 6. The van der Waals surface area contributed by atoms with Gasteiger partial charge in [0.1, 0.15) is 17.4 Å². The molecular weight excluding hydrogens is 507 g/mol. The van der Waals surface area contributed by atoms with Gasteiger partial charge in [-0.15, -0.1) is 0 Å². The fourth-order valence-electron chi connectivity index (χ4n) is 5.20. The van der Waals surface area contributed by atoms with Crippen LogP contribution in [-0.4, -0.2) is 62.1 Å². The number of benzene rings is 2. The van der Waals surface area contributed by atoms with Gasteiger partial charge in [0, 0.05) is 43.2 Å². The van der Waals surface area contributed by atoms with Gasteiger partial charge < -0.3 is 15.6 Å². The van der Waals surface area contributed by atoms with Crippen molar-refractivity contribution in [2.75, 3.05) is 19.6 Å². The van der Waals surface area contributed by atoms with Crippen molar-refractivity contribution in [1.29, 1.82) is 0 Å². The summed E-state index contributed by atoms with van der Waals surface area (Å²) in [4.78, 5) is 6.95. The van der Waals surface area contributed by atoms with Crippen LogP contribution >= 0.6 is 0 Å². The summed E-state index contributed by atoms with van der Waals surface area (Å²) in [5.41, 5.74) is 8.78. The summed E-state index contributed by atoms with van der Waals surface area (Å²) in [7, 11) is 0. The fraction of sp³-hybridized carbons (Fsp3) is 0.379. The SMILES string of the molecule is NC(c1cccc(-c2cnn3cc(-c4ccc(OC5(CN6CCC(O)CC6)CC5)cc4)cnc23)c1)C(F)(F)F. The number of alkyl halides is 3. The second kappa shape index (κ2) is 9.93. The van der Waals surface area contributed by atoms with E-state index in [0.717, 1.165) is 62.2 Å². The highest BCUT2D eigenvalue weighted by molar-refractivity contribution is 5.78. The predicted molar refractivity (Wildman–Crippen MR) is 141 cm³/mol. The first kappa shape index (κ1) is 25.8. The predicted octanol–water partition coefficient (Wildman–Crippen LogP) is 4.99. The van der Waals surface area contributed by atoms with E-state index in [2.05, 4.69) is 15.0 Å². The van der Waals surface area contributed by atoms with Crippen molar-refractivity contribution in [2.45, 2.75) is 49.6 Å². The largest absolute Gasteiger partial charge is 0.486 e. The van der Waals surface area contributed by atoms with Crippen LogP contribution in [0.1, 0.15) is 37.3 Å². The first-order valence-electron chi connectivity index (χ1n) is 13.2. The lowest BCUT2D eigenvalue weighted by Crippen LogP contribution is -2.43. The molecule has 0 bridgehead atoms. The maximum atomic E-state index is 13.1. The molecule has 4 aromatic rings. The van der Waals surface area contributed by atoms with Crippen molar-refractivity contribution in [3.05, 3.63) is 72.7 Å². The molecule has 3 heterocycles. The number of nitrogens with two attached hydrogens (primary N) is 1. The molecule has 1 unspecified atom stereocenters. The number of aliphatic hydroxyl groups excluding tert-OH is 1. The van der Waals surface area contributed by atoms with E-state index in [-0.39, 0.29) is 17.3 Å². The molecular formula is C29H30F3N5O2. The second-order valence-corrected chi connectivity index (χ2v) is 10.6. The van der Waals surface area contributed by atoms with Gasteiger partial charge in [-0.05, 0) is 60.6 Å². The normalized spacial score (nSPS) is 18.8. The van der Waals surface area contributed by atoms with Gasteiger partial charge in [0.05, 0.1) is 12.3 Å². The quantitative estimate of drug-likeness (QED) is 0.345. The molecule has 7 nitrogen and oxygen atoms in total. The van der Waals surface area contributed by atoms with Crippen LogP contribution in [0.25, 0.3) is 27.9 Å². The minimum atomic E-state index is -4.52. The van der Waals surface area contributed by atoms with E-state index in [1.165, 1.54) is 12.1 Å². The van der Waals surface area contributed by atoms with Crippen LogP contribution in [-0.2, 0) is 0 Å². The van der Waals surface area contributed by atoms with E-state index in [1.54, 1.807) is 29.0 Å². The Morgan fingerprint density at radius 3 is 2.46 bits per heavy atom. The van der Waals surface area contributed by atoms with Crippen molar-refractivity contribution in [2.24, 2.45) is 5.73 Å². The first-order chi connectivity index (χ1) is 18.7. The number of likely N-dealkylation sites (tertiary alicyclic amines) is 1. The van der Waals surface area contributed by atoms with Crippen LogP contribution in [0.2, 0.25) is 0 Å². The molecule has 0 amide bonds. The number of aromatic nitrogens is 3. The van der Waals surface area contributed by atoms with Crippen LogP contribution in [0.3, 0.4) is 0 Å². The summed E-state index contributed by atoms with van der Waals surface area (Å²) in [6.07, 6.45) is 4.17. The van der Waals surface area contributed by atoms with E-state index in [9.17, 15) is 18.3 Å². The summed E-state index contributed by atoms with van der Waals surface area (Å²) in [6.45, 7) is 2.69. The fourth-order valence-corrected chi connectivity index (χ4v) is 5.20. The molecule has 2 aromatic heterocycles. The molecule has 204 valence electrons. The molecule has 3 N–H and O–H groups in total. The molecule has 1 saturated carbocycles. The number of aliphatic hydroxyl groups is 1. The monoisotopic (exact) mass is 537 g/mol. The number of ether oxygens (including phenoxy) is 1. The van der Waals surface area contributed by atoms with E-state index >= 15 is 0 Å². The molecule has 2 fully saturated rings. The van der Waals surface area contributed by atoms with E-state index in [0.29, 0.717) is 16.8 Å². The van der Waals surface area contributed by atoms with Crippen LogP contribution in [0, 0.1) is 0 Å². The smallest absolute Gasteiger partial charge is 0.407 e. The topological polar surface area (TPSA) is 88.9 Å². The second-order valence-electron chi connectivity index (χ2n) is 10.6. The number of piperidine rings is 1. The number of rotatable bonds is 7. The third-order valence-electron chi connectivity index (χ3n) is 7.66. The summed E-state index contributed by atoms with van der Waals surface area (Å²) in [5, 5.41) is 14.1. The Bertz CT molecular complexity index is 1460. The lowest BCUT2D eigenvalue weighted by molar-refractivity contribution is -0.149. The molecule has 1 atom stereocenters. The zero-order chi connectivity index (χ0) is 27.2. The lowest BCUT2D eigenvalue weighted by atomic mass is 10.0. The van der Waals surface area contributed by atoms with Gasteiger partial charge in [0.25, 0.3) is 0 Å². The van der Waals surface area contributed by atoms with Crippen LogP contribution in [0.4, 0.5) is 13.2 Å². The summed E-state index contributed by atoms with van der Waals surface area (Å²) in [6, 6.07) is 11.9. The van der Waals surface area contributed by atoms with Gasteiger partial charge in [0.2, 0.25) is 0 Å². The molecule has 10 heteroatoms. The molecule has 0 radical (unpaired) electrons. The summed E-state index contributed by atoms with van der Waals surface area (Å²) in [5.74, 6) is 0.820. The lowest BCUT2D eigenvalue weighted by Gasteiger charge is -2.32. The summed E-state index contributed by atoms with van der Waals surface area (Å²) < 4.78 is 47.3. The van der Waals surface area contributed by atoms with Crippen molar-refractivity contribution < 1.29 is 23.0 Å². The van der Waals surface area contributed by atoms with Crippen LogP contribution in [0.5, 0.6) is 5.75 Å². The Balaban J connectivity index is 1.17. The van der Waals surface area contributed by atoms with E-state index in [1.807, 2.05) is 30.5 Å². The molecule has 1 aliphatic heterocycles. The number of hydrogen-bond donors (Lipinski definition) is 2. The highest BCUT2D eigenvalue weighted by Gasteiger charge is 2.47. The Hall–Kier alpha value is -3.47. The van der Waals surface area contributed by atoms with Gasteiger partial charge >= 0.3 is 6.18 Å². The third kappa shape index (κ3) is 5.50. The zero-order valence-electron chi connectivity index (χ0n) is 21.3. The van der Waals surface area contributed by atoms with Crippen LogP contribution in [0.15, 0.2) is 67.1 Å². The van der Waals surface area contributed by atoms with Crippen molar-refractivity contribution in [3.63, 3.8) is 0 Å². The maximum absolute atomic E-state index is 13.1. The van der Waals surface area contributed by atoms with Crippen molar-refractivity contribution >= 4 is 5.65 Å². The van der Waals surface area contributed by atoms with Gasteiger partial charge in [-0.1, -0.05) is 30.3 Å². The minimum Gasteiger partial charge on any atom is -0.486 e. The van der Waals surface area contributed by atoms with E-state index < -0.39 is 12.2 Å². The summed E-state index contributed by atoms with van der Waals surface area (Å²) >= 11 is 0. The van der Waals surface area contributed by atoms with Crippen LogP contribution < -0.4 is 10.5 Å². The average molecular weight is 538 g/mol. The minimum absolute atomic E-state index is 0.0130. The Labute approximate surface area is 224 Å². The molecule has 0 spiro atoms. The Morgan fingerprint density at radius 2 is 1.77 bits per heavy atom. The Morgan fingerprint density at radius 1 is 1.03 bits per heavy atom. The zero-order valence-corrected chi connectivity index (χ0v) is 21.3. The number of nitrogens with zero attached hydrogens (tertiary/aromatic N) is 4. The van der Waals surface area contributed by atoms with Gasteiger partial charge in [0.15, 0.2) is 5.65 Å². The van der Waals surface area contributed by atoms with Gasteiger partial charge in [-0.2, -0.15) is 18.3 Å². The Kier molecular flexibility index (Phi) is 6.57. The maximum Gasteiger partial charge on any atom is 0.407 e. The number of fused-ring (bicyclic) bond motifs is 1.